The van der Waals surface area contributed by atoms with Crippen molar-refractivity contribution in [1.82, 2.24) is 10.2 Å². The number of hydrogen-bond acceptors (Lipinski definition) is 3. The number of aliphatic carboxylic acids is 1. The zero-order chi connectivity index (χ0) is 12.4. The lowest BCUT2D eigenvalue weighted by Crippen LogP contribution is -2.40. The number of carbonyl (C=O) groups is 1. The van der Waals surface area contributed by atoms with Crippen LogP contribution in [0.1, 0.15) is 32.6 Å². The highest BCUT2D eigenvalue weighted by atomic mass is 16.4. The summed E-state index contributed by atoms with van der Waals surface area (Å²) in [7, 11) is 2.10. The third-order valence-corrected chi connectivity index (χ3v) is 3.93. The van der Waals surface area contributed by atoms with Gasteiger partial charge in [0, 0.05) is 12.6 Å². The summed E-state index contributed by atoms with van der Waals surface area (Å²) < 4.78 is 0. The summed E-state index contributed by atoms with van der Waals surface area (Å²) in [6.07, 6.45) is 4.33. The van der Waals surface area contributed by atoms with Gasteiger partial charge in [-0.3, -0.25) is 4.79 Å². The van der Waals surface area contributed by atoms with Crippen molar-refractivity contribution >= 4 is 5.97 Å². The van der Waals surface area contributed by atoms with Crippen LogP contribution in [0.5, 0.6) is 0 Å². The largest absolute Gasteiger partial charge is 0.480 e. The van der Waals surface area contributed by atoms with Crippen molar-refractivity contribution in [1.29, 1.82) is 0 Å². The molecule has 2 aliphatic carbocycles. The van der Waals surface area contributed by atoms with Crippen LogP contribution in [0.2, 0.25) is 0 Å². The van der Waals surface area contributed by atoms with Gasteiger partial charge in [0.2, 0.25) is 0 Å². The Bertz CT molecular complexity index is 279. The number of carboxylic acids is 1. The molecule has 2 rings (SSSR count). The average Bonchev–Trinajstić information content (AvgIpc) is 3.13. The second kappa shape index (κ2) is 5.36. The summed E-state index contributed by atoms with van der Waals surface area (Å²) in [6.45, 7) is 4.28. The van der Waals surface area contributed by atoms with E-state index in [4.69, 9.17) is 5.11 Å². The highest BCUT2D eigenvalue weighted by Gasteiger charge is 2.33. The molecular formula is C13H24N2O2. The molecule has 0 aromatic rings. The molecule has 0 amide bonds. The minimum atomic E-state index is -0.704. The topological polar surface area (TPSA) is 52.6 Å². The predicted molar refractivity (Wildman–Crippen MR) is 67.0 cm³/mol. The van der Waals surface area contributed by atoms with Crippen LogP contribution in [0.4, 0.5) is 0 Å². The van der Waals surface area contributed by atoms with Crippen molar-refractivity contribution in [2.75, 3.05) is 20.1 Å². The molecule has 0 spiro atoms. The Morgan fingerprint density at radius 3 is 2.65 bits per heavy atom. The number of rotatable bonds is 8. The molecule has 3 unspecified atom stereocenters. The van der Waals surface area contributed by atoms with Crippen LogP contribution in [-0.2, 0) is 4.79 Å². The number of nitrogens with zero attached hydrogens (tertiary/aromatic N) is 1. The maximum atomic E-state index is 11.1. The summed E-state index contributed by atoms with van der Waals surface area (Å²) in [6, 6.07) is 0.103. The lowest BCUT2D eigenvalue weighted by Gasteiger charge is -2.20. The van der Waals surface area contributed by atoms with Crippen LogP contribution in [0.15, 0.2) is 0 Å². The predicted octanol–water partition coefficient (Wildman–Crippen LogP) is 1.17. The minimum Gasteiger partial charge on any atom is -0.480 e. The van der Waals surface area contributed by atoms with Crippen LogP contribution in [-0.4, -0.2) is 48.2 Å². The van der Waals surface area contributed by atoms with Gasteiger partial charge in [-0.05, 0) is 51.1 Å². The van der Waals surface area contributed by atoms with E-state index in [-0.39, 0.29) is 6.04 Å². The van der Waals surface area contributed by atoms with Crippen molar-refractivity contribution in [3.8, 4) is 0 Å². The number of carboxylic acid groups (broad SMARTS) is 1. The van der Waals surface area contributed by atoms with Crippen LogP contribution < -0.4 is 5.32 Å². The average molecular weight is 240 g/mol. The molecule has 17 heavy (non-hydrogen) atoms. The summed E-state index contributed by atoms with van der Waals surface area (Å²) in [5.74, 6) is 1.02. The van der Waals surface area contributed by atoms with Gasteiger partial charge in [0.05, 0.1) is 0 Å². The van der Waals surface area contributed by atoms with Gasteiger partial charge in [-0.2, -0.15) is 0 Å². The standard InChI is InChI=1S/C13H24N2O2/c1-9-7-10(9)8-15(2)6-5-12(13(16)17)14-11-3-4-11/h9-12,14H,3-8H2,1-2H3,(H,16,17). The van der Waals surface area contributed by atoms with Gasteiger partial charge in [0.25, 0.3) is 0 Å². The van der Waals surface area contributed by atoms with Crippen LogP contribution >= 0.6 is 0 Å². The second-order valence-electron chi connectivity index (χ2n) is 5.86. The van der Waals surface area contributed by atoms with Crippen molar-refractivity contribution in [3.05, 3.63) is 0 Å². The van der Waals surface area contributed by atoms with E-state index < -0.39 is 5.97 Å². The first-order valence-corrected chi connectivity index (χ1v) is 6.73. The Morgan fingerprint density at radius 1 is 1.53 bits per heavy atom. The van der Waals surface area contributed by atoms with E-state index in [9.17, 15) is 4.79 Å². The first-order chi connectivity index (χ1) is 8.06. The Labute approximate surface area is 103 Å². The Morgan fingerprint density at radius 2 is 2.18 bits per heavy atom. The molecule has 4 heteroatoms. The van der Waals surface area contributed by atoms with Gasteiger partial charge >= 0.3 is 5.97 Å². The third-order valence-electron chi connectivity index (χ3n) is 3.93. The Kier molecular flexibility index (Phi) is 4.05. The van der Waals surface area contributed by atoms with E-state index in [0.29, 0.717) is 12.5 Å². The quantitative estimate of drug-likeness (QED) is 0.669. The lowest BCUT2D eigenvalue weighted by molar-refractivity contribution is -0.139. The molecule has 0 heterocycles. The van der Waals surface area contributed by atoms with Crippen LogP contribution in [0.25, 0.3) is 0 Å². The van der Waals surface area contributed by atoms with Gasteiger partial charge in [-0.25, -0.2) is 0 Å². The van der Waals surface area contributed by atoms with E-state index in [1.165, 1.54) is 6.42 Å². The minimum absolute atomic E-state index is 0.360. The first-order valence-electron chi connectivity index (χ1n) is 6.73. The van der Waals surface area contributed by atoms with E-state index in [0.717, 1.165) is 37.8 Å². The third kappa shape index (κ3) is 4.28. The van der Waals surface area contributed by atoms with Crippen molar-refractivity contribution in [2.24, 2.45) is 11.8 Å². The summed E-state index contributed by atoms with van der Waals surface area (Å²) in [5.41, 5.74) is 0. The molecule has 0 aromatic heterocycles. The summed E-state index contributed by atoms with van der Waals surface area (Å²) >= 11 is 0. The molecule has 2 fully saturated rings. The molecule has 2 saturated carbocycles. The fourth-order valence-electron chi connectivity index (χ4n) is 2.31. The number of nitrogens with one attached hydrogen (secondary N) is 1. The zero-order valence-corrected chi connectivity index (χ0v) is 10.9. The molecule has 0 saturated heterocycles. The maximum Gasteiger partial charge on any atom is 0.320 e. The highest BCUT2D eigenvalue weighted by molar-refractivity contribution is 5.73. The molecule has 0 radical (unpaired) electrons. The SMILES string of the molecule is CC1CC1CN(C)CCC(NC1CC1)C(=O)O. The zero-order valence-electron chi connectivity index (χ0n) is 10.9. The summed E-state index contributed by atoms with van der Waals surface area (Å²) in [4.78, 5) is 13.4. The van der Waals surface area contributed by atoms with Gasteiger partial charge in [0.15, 0.2) is 0 Å². The molecule has 98 valence electrons. The Hall–Kier alpha value is -0.610. The van der Waals surface area contributed by atoms with E-state index in [1.54, 1.807) is 0 Å². The smallest absolute Gasteiger partial charge is 0.320 e. The van der Waals surface area contributed by atoms with E-state index in [2.05, 4.69) is 24.2 Å². The molecule has 0 aromatic carbocycles. The molecule has 3 atom stereocenters. The molecule has 2 N–H and O–H groups in total. The normalized spacial score (nSPS) is 29.4. The molecule has 4 nitrogen and oxygen atoms in total. The van der Waals surface area contributed by atoms with Gasteiger partial charge in [0.1, 0.15) is 6.04 Å². The van der Waals surface area contributed by atoms with E-state index in [1.807, 2.05) is 0 Å². The Balaban J connectivity index is 1.64. The molecular weight excluding hydrogens is 216 g/mol. The number of hydrogen-bond donors (Lipinski definition) is 2. The second-order valence-corrected chi connectivity index (χ2v) is 5.86. The maximum absolute atomic E-state index is 11.1. The molecule has 0 bridgehead atoms. The highest BCUT2D eigenvalue weighted by Crippen LogP contribution is 2.37. The van der Waals surface area contributed by atoms with Crippen molar-refractivity contribution in [2.45, 2.75) is 44.7 Å². The fraction of sp³-hybridized carbons (Fsp3) is 0.923. The molecule has 2 aliphatic rings. The monoisotopic (exact) mass is 240 g/mol. The van der Waals surface area contributed by atoms with Gasteiger partial charge in [-0.1, -0.05) is 6.92 Å². The van der Waals surface area contributed by atoms with Gasteiger partial charge < -0.3 is 15.3 Å². The van der Waals surface area contributed by atoms with Crippen LogP contribution in [0.3, 0.4) is 0 Å². The molecule has 0 aliphatic heterocycles. The van der Waals surface area contributed by atoms with E-state index >= 15 is 0 Å². The van der Waals surface area contributed by atoms with Crippen LogP contribution in [0, 0.1) is 11.8 Å². The van der Waals surface area contributed by atoms with Crippen molar-refractivity contribution in [3.63, 3.8) is 0 Å². The summed E-state index contributed by atoms with van der Waals surface area (Å²) in [5, 5.41) is 12.3. The van der Waals surface area contributed by atoms with Crippen molar-refractivity contribution < 1.29 is 9.90 Å². The fourth-order valence-corrected chi connectivity index (χ4v) is 2.31. The first kappa shape index (κ1) is 12.8. The lowest BCUT2D eigenvalue weighted by atomic mass is 10.2. The van der Waals surface area contributed by atoms with Gasteiger partial charge in [-0.15, -0.1) is 0 Å².